The van der Waals surface area contributed by atoms with Crippen LogP contribution in [0, 0.1) is 0 Å². The van der Waals surface area contributed by atoms with Crippen molar-refractivity contribution < 1.29 is 154 Å². The molecular formula is C18H2F30N2O5S2. The molecule has 0 aromatic carbocycles. The van der Waals surface area contributed by atoms with Gasteiger partial charge in [0.05, 0.1) is 0 Å². The highest BCUT2D eigenvalue weighted by Crippen LogP contribution is 2.74. The summed E-state index contributed by atoms with van der Waals surface area (Å²) in [5.74, 6) is -110. The molecule has 2 aliphatic heterocycles. The summed E-state index contributed by atoms with van der Waals surface area (Å²) in [6.45, 7) is 0. The van der Waals surface area contributed by atoms with E-state index in [-0.39, 0.29) is 10.6 Å². The van der Waals surface area contributed by atoms with Gasteiger partial charge in [-0.3, -0.25) is 10.6 Å². The first-order valence-electron chi connectivity index (χ1n) is 12.1. The summed E-state index contributed by atoms with van der Waals surface area (Å²) in [5.41, 5.74) is 0. The van der Waals surface area contributed by atoms with Crippen molar-refractivity contribution in [2.45, 2.75) is 92.5 Å². The van der Waals surface area contributed by atoms with E-state index < -0.39 is 126 Å². The van der Waals surface area contributed by atoms with Gasteiger partial charge in [-0.05, 0) is 11.8 Å². The number of thioether (sulfide) groups is 1. The van der Waals surface area contributed by atoms with Gasteiger partial charge in [0.15, 0.2) is 0 Å². The molecule has 336 valence electrons. The van der Waals surface area contributed by atoms with E-state index >= 15 is 4.39 Å². The van der Waals surface area contributed by atoms with Gasteiger partial charge >= 0.3 is 104 Å². The summed E-state index contributed by atoms with van der Waals surface area (Å²) in [4.78, 5) is 22.4. The van der Waals surface area contributed by atoms with E-state index in [1.54, 1.807) is 0 Å². The summed E-state index contributed by atoms with van der Waals surface area (Å²) < 4.78 is 438. The standard InChI is InChI=1S/C18H2F30N2O5S2/c19-3(20,4(21,22)5(23,24)10(33,34)15(41)13(39)14(40,17(45,46)56-15)50-2(52)49-13)1(51)55-57(53,54)18(47,48)12(37,38)9(31,32)7(27,28)6(25,26)8(29,30)11(35,36)16(42,43)44/h(H2,49,50,52)/t13-,14+,15-/m0/s1. The Labute approximate surface area is 291 Å². The molecule has 39 heteroatoms. The Kier molecular flexibility index (Phi) is 10.6. The Morgan fingerprint density at radius 2 is 0.842 bits per heavy atom. The van der Waals surface area contributed by atoms with E-state index in [4.69, 9.17) is 0 Å². The number of fused-ring (bicyclic) bond motifs is 1. The number of nitrogens with one attached hydrogen (secondary N) is 2. The Morgan fingerprint density at radius 3 is 1.21 bits per heavy atom. The molecule has 0 unspecified atom stereocenters. The van der Waals surface area contributed by atoms with Gasteiger partial charge in [0.1, 0.15) is 0 Å². The number of halogens is 30. The fourth-order valence-corrected chi connectivity index (χ4v) is 6.05. The Hall–Kier alpha value is -3.06. The van der Waals surface area contributed by atoms with Gasteiger partial charge in [0, 0.05) is 0 Å². The number of hydrogen-bond acceptors (Lipinski definition) is 6. The largest absolute Gasteiger partial charge is 0.460 e. The SMILES string of the molecule is O=C1N[C@@]2(F)[C@@](F)(N1)C(F)(F)S[C@@]2(F)C(F)(F)C(F)(F)C(F)(F)C(F)(F)C(=O)OS(=O)(=O)C(F)(F)C(F)(F)C(F)(F)C(F)(F)C(F)(F)C(F)(F)C(F)(F)C(F)(F)F. The van der Waals surface area contributed by atoms with Crippen molar-refractivity contribution in [2.75, 3.05) is 0 Å². The van der Waals surface area contributed by atoms with Crippen LogP contribution in [0.1, 0.15) is 0 Å². The summed E-state index contributed by atoms with van der Waals surface area (Å²) in [6.07, 6.45) is -8.29. The third-order valence-electron chi connectivity index (χ3n) is 7.20. The second-order valence-electron chi connectivity index (χ2n) is 10.7. The smallest absolute Gasteiger partial charge is 0.336 e. The fraction of sp³-hybridized carbons (Fsp3) is 0.889. The minimum Gasteiger partial charge on any atom is -0.336 e. The zero-order valence-electron chi connectivity index (χ0n) is 24.2. The van der Waals surface area contributed by atoms with Crippen molar-refractivity contribution >= 4 is 33.9 Å². The molecule has 2 amide bonds. The van der Waals surface area contributed by atoms with Crippen molar-refractivity contribution in [1.82, 2.24) is 10.6 Å². The van der Waals surface area contributed by atoms with E-state index in [0.717, 1.165) is 0 Å². The zero-order chi connectivity index (χ0) is 46.5. The van der Waals surface area contributed by atoms with Gasteiger partial charge in [-0.15, -0.1) is 0 Å². The van der Waals surface area contributed by atoms with Crippen LogP contribution in [0.2, 0.25) is 0 Å². The molecule has 7 nitrogen and oxygen atoms in total. The molecule has 0 spiro atoms. The second kappa shape index (κ2) is 12.0. The van der Waals surface area contributed by atoms with E-state index in [1.165, 1.54) is 4.18 Å². The van der Waals surface area contributed by atoms with E-state index in [9.17, 15) is 145 Å². The van der Waals surface area contributed by atoms with Crippen molar-refractivity contribution in [3.63, 3.8) is 0 Å². The van der Waals surface area contributed by atoms with Crippen LogP contribution in [0.15, 0.2) is 0 Å². The summed E-state index contributed by atoms with van der Waals surface area (Å²) in [5, 5.41) is -23.2. The van der Waals surface area contributed by atoms with Gasteiger partial charge in [0.2, 0.25) is 0 Å². The molecule has 0 aromatic heterocycles. The molecule has 2 fully saturated rings. The van der Waals surface area contributed by atoms with Gasteiger partial charge in [-0.1, -0.05) is 0 Å². The lowest BCUT2D eigenvalue weighted by atomic mass is 9.87. The number of carbonyl (C=O) groups excluding carboxylic acids is 2. The number of urea groups is 1. The lowest BCUT2D eigenvalue weighted by Gasteiger charge is -2.43. The van der Waals surface area contributed by atoms with Crippen LogP contribution in [0.4, 0.5) is 137 Å². The number of hydrogen-bond donors (Lipinski definition) is 2. The number of amides is 2. The molecule has 0 aromatic rings. The van der Waals surface area contributed by atoms with E-state index in [0.29, 0.717) is 0 Å². The Balaban J connectivity index is 2.68. The van der Waals surface area contributed by atoms with Crippen LogP contribution < -0.4 is 10.6 Å². The maximum absolute atomic E-state index is 15.1. The fourth-order valence-electron chi connectivity index (χ4n) is 3.92. The quantitative estimate of drug-likeness (QED) is 0.0841. The average Bonchev–Trinajstić information content (AvgIpc) is 3.29. The predicted octanol–water partition coefficient (Wildman–Crippen LogP) is 8.02. The first kappa shape index (κ1) is 50.1. The molecule has 2 N–H and O–H groups in total. The highest BCUT2D eigenvalue weighted by molar-refractivity contribution is 8.02. The normalized spacial score (nSPS) is 26.5. The molecular weight excluding hydrogens is 958 g/mol. The highest BCUT2D eigenvalue weighted by Gasteiger charge is 3.01. The molecule has 2 rings (SSSR count). The summed E-state index contributed by atoms with van der Waals surface area (Å²) >= 11 is -3.20. The molecule has 0 saturated carbocycles. The highest BCUT2D eigenvalue weighted by atomic mass is 32.2. The Bertz CT molecular complexity index is 1780. The van der Waals surface area contributed by atoms with Crippen LogP contribution >= 0.6 is 11.8 Å². The van der Waals surface area contributed by atoms with Crippen molar-refractivity contribution in [3.05, 3.63) is 0 Å². The van der Waals surface area contributed by atoms with E-state index in [2.05, 4.69) is 0 Å². The van der Waals surface area contributed by atoms with Crippen molar-refractivity contribution in [1.29, 1.82) is 0 Å². The third kappa shape index (κ3) is 5.44. The third-order valence-corrected chi connectivity index (χ3v) is 9.81. The lowest BCUT2D eigenvalue weighted by Crippen LogP contribution is -2.75. The molecule has 57 heavy (non-hydrogen) atoms. The van der Waals surface area contributed by atoms with Gasteiger partial charge in [0.25, 0.3) is 10.8 Å². The number of carbonyl (C=O) groups is 2. The molecule has 0 radical (unpaired) electrons. The van der Waals surface area contributed by atoms with Crippen LogP contribution in [-0.2, 0) is 19.1 Å². The minimum absolute atomic E-state index is 0.0583. The first-order chi connectivity index (χ1) is 24.2. The van der Waals surface area contributed by atoms with Crippen LogP contribution in [0.5, 0.6) is 0 Å². The lowest BCUT2D eigenvalue weighted by molar-refractivity contribution is -0.458. The molecule has 2 aliphatic rings. The summed E-state index contributed by atoms with van der Waals surface area (Å²) in [6, 6.07) is -2.95. The topological polar surface area (TPSA) is 102 Å². The number of alkyl halides is 30. The van der Waals surface area contributed by atoms with Gasteiger partial charge in [-0.2, -0.15) is 127 Å². The first-order valence-corrected chi connectivity index (χ1v) is 14.4. The minimum atomic E-state index is -9.69. The molecule has 0 aliphatic carbocycles. The van der Waals surface area contributed by atoms with Crippen LogP contribution in [0.3, 0.4) is 0 Å². The monoisotopic (exact) mass is 960 g/mol. The zero-order valence-corrected chi connectivity index (χ0v) is 25.8. The maximum Gasteiger partial charge on any atom is 0.460 e. The van der Waals surface area contributed by atoms with E-state index in [1.807, 2.05) is 0 Å². The Morgan fingerprint density at radius 1 is 0.509 bits per heavy atom. The number of rotatable bonds is 13. The van der Waals surface area contributed by atoms with Crippen molar-refractivity contribution in [2.24, 2.45) is 0 Å². The molecule has 2 heterocycles. The molecule has 3 atom stereocenters. The van der Waals surface area contributed by atoms with Crippen LogP contribution in [0.25, 0.3) is 0 Å². The molecule has 2 saturated heterocycles. The van der Waals surface area contributed by atoms with Gasteiger partial charge in [-0.25, -0.2) is 22.8 Å². The molecule has 0 bridgehead atoms. The van der Waals surface area contributed by atoms with Crippen molar-refractivity contribution in [3.8, 4) is 0 Å². The second-order valence-corrected chi connectivity index (χ2v) is 13.6. The summed E-state index contributed by atoms with van der Waals surface area (Å²) in [7, 11) is -9.69. The predicted molar refractivity (Wildman–Crippen MR) is 111 cm³/mol. The van der Waals surface area contributed by atoms with Gasteiger partial charge < -0.3 is 4.18 Å². The van der Waals surface area contributed by atoms with Crippen LogP contribution in [-0.4, -0.2) is 113 Å². The maximum atomic E-state index is 15.1. The average molecular weight is 960 g/mol.